The van der Waals surface area contributed by atoms with Crippen LogP contribution in [0.2, 0.25) is 0 Å². The number of amides is 1. The number of carbonyl (C=O) groups is 1. The minimum Gasteiger partial charge on any atom is -0.497 e. The molecule has 1 aromatic carbocycles. The molecule has 1 saturated heterocycles. The number of aromatic nitrogens is 2. The largest absolute Gasteiger partial charge is 0.497 e. The van der Waals surface area contributed by atoms with Crippen LogP contribution in [-0.4, -0.2) is 34.0 Å². The van der Waals surface area contributed by atoms with E-state index in [1.54, 1.807) is 31.1 Å². The molecule has 6 nitrogen and oxygen atoms in total. The van der Waals surface area contributed by atoms with Crippen LogP contribution < -0.4 is 10.3 Å². The Balaban J connectivity index is 1.75. The van der Waals surface area contributed by atoms with E-state index in [0.29, 0.717) is 17.5 Å². The average molecular weight is 379 g/mol. The number of pyridine rings is 1. The Morgan fingerprint density at radius 3 is 2.68 bits per heavy atom. The first kappa shape index (κ1) is 18.3. The number of aryl methyl sites for hydroxylation is 2. The first-order valence-corrected chi connectivity index (χ1v) is 9.63. The van der Waals surface area contributed by atoms with Gasteiger partial charge in [0.15, 0.2) is 0 Å². The molecule has 3 heterocycles. The molecule has 1 amide bonds. The summed E-state index contributed by atoms with van der Waals surface area (Å²) in [4.78, 5) is 31.3. The van der Waals surface area contributed by atoms with E-state index in [4.69, 9.17) is 4.74 Å². The van der Waals surface area contributed by atoms with Crippen LogP contribution in [0.5, 0.6) is 5.75 Å². The van der Waals surface area contributed by atoms with Crippen LogP contribution in [0.3, 0.4) is 0 Å². The number of aromatic amines is 1. The molecular weight excluding hydrogens is 354 g/mol. The minimum atomic E-state index is -0.150. The highest BCUT2D eigenvalue weighted by Gasteiger charge is 2.30. The molecule has 4 rings (SSSR count). The van der Waals surface area contributed by atoms with Crippen LogP contribution in [0.15, 0.2) is 41.5 Å². The van der Waals surface area contributed by atoms with Gasteiger partial charge in [0.2, 0.25) is 0 Å². The molecule has 0 bridgehead atoms. The third-order valence-corrected chi connectivity index (χ3v) is 5.69. The van der Waals surface area contributed by atoms with Gasteiger partial charge in [-0.3, -0.25) is 9.59 Å². The Labute approximate surface area is 163 Å². The quantitative estimate of drug-likeness (QED) is 0.757. The van der Waals surface area contributed by atoms with Gasteiger partial charge in [0.1, 0.15) is 5.75 Å². The lowest BCUT2D eigenvalue weighted by Gasteiger charge is -2.36. The van der Waals surface area contributed by atoms with E-state index in [1.807, 2.05) is 36.1 Å². The van der Waals surface area contributed by atoms with Crippen LogP contribution in [0.25, 0.3) is 10.9 Å². The van der Waals surface area contributed by atoms with E-state index in [1.165, 1.54) is 0 Å². The lowest BCUT2D eigenvalue weighted by molar-refractivity contribution is 0.0613. The van der Waals surface area contributed by atoms with Crippen LogP contribution in [0, 0.1) is 6.92 Å². The molecule has 0 aliphatic carbocycles. The summed E-state index contributed by atoms with van der Waals surface area (Å²) in [7, 11) is 3.36. The number of piperidine rings is 1. The molecule has 6 heteroatoms. The Morgan fingerprint density at radius 1 is 1.21 bits per heavy atom. The van der Waals surface area contributed by atoms with E-state index in [9.17, 15) is 9.59 Å². The van der Waals surface area contributed by atoms with Crippen molar-refractivity contribution < 1.29 is 9.53 Å². The van der Waals surface area contributed by atoms with Crippen molar-refractivity contribution in [2.75, 3.05) is 13.7 Å². The predicted octanol–water partition coefficient (Wildman–Crippen LogP) is 3.55. The van der Waals surface area contributed by atoms with Crippen LogP contribution >= 0.6 is 0 Å². The topological polar surface area (TPSA) is 67.3 Å². The van der Waals surface area contributed by atoms with Gasteiger partial charge in [-0.25, -0.2) is 0 Å². The van der Waals surface area contributed by atoms with E-state index >= 15 is 0 Å². The molecule has 0 radical (unpaired) electrons. The highest BCUT2D eigenvalue weighted by atomic mass is 16.5. The summed E-state index contributed by atoms with van der Waals surface area (Å²) in [5.74, 6) is 0.711. The normalized spacial score (nSPS) is 17.1. The zero-order chi connectivity index (χ0) is 19.8. The second-order valence-electron chi connectivity index (χ2n) is 7.46. The summed E-state index contributed by atoms with van der Waals surface area (Å²) < 4.78 is 6.79. The monoisotopic (exact) mass is 379 g/mol. The third-order valence-electron chi connectivity index (χ3n) is 5.69. The number of nitrogens with zero attached hydrogens (tertiary/aromatic N) is 2. The second kappa shape index (κ2) is 7.19. The van der Waals surface area contributed by atoms with Gasteiger partial charge in [-0.2, -0.15) is 0 Å². The number of fused-ring (bicyclic) bond motifs is 1. The van der Waals surface area contributed by atoms with E-state index in [2.05, 4.69) is 4.98 Å². The highest BCUT2D eigenvalue weighted by molar-refractivity contribution is 6.07. The van der Waals surface area contributed by atoms with Gasteiger partial charge in [-0.05, 0) is 49.4 Å². The average Bonchev–Trinajstić information content (AvgIpc) is 3.17. The lowest BCUT2D eigenvalue weighted by Crippen LogP contribution is -2.38. The molecule has 1 N–H and O–H groups in total. The summed E-state index contributed by atoms with van der Waals surface area (Å²) in [5.41, 5.74) is 3.09. The fourth-order valence-electron chi connectivity index (χ4n) is 4.22. The maximum Gasteiger partial charge on any atom is 0.260 e. The van der Waals surface area contributed by atoms with Gasteiger partial charge in [0.05, 0.1) is 29.6 Å². The zero-order valence-electron chi connectivity index (χ0n) is 16.5. The minimum absolute atomic E-state index is 0.00534. The fraction of sp³-hybridized carbons (Fsp3) is 0.364. The number of nitrogens with one attached hydrogen (secondary N) is 1. The van der Waals surface area contributed by atoms with Crippen LogP contribution in [0.1, 0.15) is 46.8 Å². The predicted molar refractivity (Wildman–Crippen MR) is 109 cm³/mol. The summed E-state index contributed by atoms with van der Waals surface area (Å²) in [6.45, 7) is 2.63. The molecule has 1 aliphatic heterocycles. The fourth-order valence-corrected chi connectivity index (χ4v) is 4.22. The van der Waals surface area contributed by atoms with E-state index in [-0.39, 0.29) is 17.5 Å². The van der Waals surface area contributed by atoms with Gasteiger partial charge in [-0.1, -0.05) is 12.1 Å². The van der Waals surface area contributed by atoms with Crippen molar-refractivity contribution in [1.29, 1.82) is 0 Å². The Morgan fingerprint density at radius 2 is 1.96 bits per heavy atom. The van der Waals surface area contributed by atoms with Gasteiger partial charge < -0.3 is 19.2 Å². The second-order valence-corrected chi connectivity index (χ2v) is 7.46. The van der Waals surface area contributed by atoms with Crippen molar-refractivity contribution in [2.24, 2.45) is 7.05 Å². The van der Waals surface area contributed by atoms with E-state index in [0.717, 1.165) is 41.7 Å². The number of ether oxygens (including phenoxy) is 1. The number of hydrogen-bond acceptors (Lipinski definition) is 3. The smallest absolute Gasteiger partial charge is 0.260 e. The first-order valence-electron chi connectivity index (χ1n) is 9.63. The first-order chi connectivity index (χ1) is 13.5. The molecule has 0 saturated carbocycles. The summed E-state index contributed by atoms with van der Waals surface area (Å²) >= 11 is 0. The number of benzene rings is 1. The SMILES string of the molecule is COc1ccc(C2CCCCN2C(=O)c2c[nH]c3c(C)cn(C)c(=O)c23)cc1. The standard InChI is InChI=1S/C22H25N3O3/c1-14-13-24(2)22(27)19-17(12-23-20(14)19)21(26)25-11-5-4-6-18(25)15-7-9-16(28-3)10-8-15/h7-10,12-13,18,23H,4-6,11H2,1-3H3. The number of H-pyrrole nitrogens is 1. The van der Waals surface area contributed by atoms with Crippen molar-refractivity contribution in [3.63, 3.8) is 0 Å². The molecule has 1 aliphatic rings. The van der Waals surface area contributed by atoms with Crippen molar-refractivity contribution in [3.05, 3.63) is 63.7 Å². The molecule has 1 atom stereocenters. The Hall–Kier alpha value is -3.02. The van der Waals surface area contributed by atoms with Gasteiger partial charge >= 0.3 is 0 Å². The summed E-state index contributed by atoms with van der Waals surface area (Å²) in [6, 6.07) is 7.90. The molecule has 0 spiro atoms. The number of hydrogen-bond donors (Lipinski definition) is 1. The van der Waals surface area contributed by atoms with E-state index < -0.39 is 0 Å². The van der Waals surface area contributed by atoms with Crippen LogP contribution in [-0.2, 0) is 7.05 Å². The maximum absolute atomic E-state index is 13.5. The van der Waals surface area contributed by atoms with Gasteiger partial charge in [-0.15, -0.1) is 0 Å². The molecule has 3 aromatic rings. The maximum atomic E-state index is 13.5. The molecule has 1 unspecified atom stereocenters. The number of likely N-dealkylation sites (tertiary alicyclic amines) is 1. The summed E-state index contributed by atoms with van der Waals surface area (Å²) in [5, 5.41) is 0.478. The lowest BCUT2D eigenvalue weighted by atomic mass is 9.94. The molecule has 146 valence electrons. The molecule has 2 aromatic heterocycles. The summed E-state index contributed by atoms with van der Waals surface area (Å²) in [6.07, 6.45) is 6.43. The number of methoxy groups -OCH3 is 1. The van der Waals surface area contributed by atoms with Crippen molar-refractivity contribution in [1.82, 2.24) is 14.5 Å². The molecule has 28 heavy (non-hydrogen) atoms. The van der Waals surface area contributed by atoms with Gasteiger partial charge in [0.25, 0.3) is 11.5 Å². The number of carbonyl (C=O) groups excluding carboxylic acids is 1. The van der Waals surface area contributed by atoms with Crippen LogP contribution in [0.4, 0.5) is 0 Å². The third kappa shape index (κ3) is 2.99. The Bertz CT molecular complexity index is 1080. The molecule has 1 fully saturated rings. The Kier molecular flexibility index (Phi) is 4.71. The van der Waals surface area contributed by atoms with Gasteiger partial charge in [0, 0.05) is 26.0 Å². The highest BCUT2D eigenvalue weighted by Crippen LogP contribution is 2.33. The van der Waals surface area contributed by atoms with Crippen molar-refractivity contribution >= 4 is 16.8 Å². The number of rotatable bonds is 3. The molecular formula is C22H25N3O3. The van der Waals surface area contributed by atoms with Crippen molar-refractivity contribution in [2.45, 2.75) is 32.2 Å². The zero-order valence-corrected chi connectivity index (χ0v) is 16.5. The van der Waals surface area contributed by atoms with Crippen molar-refractivity contribution in [3.8, 4) is 5.75 Å².